The number of rotatable bonds is 4. The van der Waals surface area contributed by atoms with E-state index in [0.717, 1.165) is 5.56 Å². The van der Waals surface area contributed by atoms with Gasteiger partial charge in [0, 0.05) is 18.5 Å². The molecule has 0 saturated carbocycles. The summed E-state index contributed by atoms with van der Waals surface area (Å²) in [4.78, 5) is 19.1. The van der Waals surface area contributed by atoms with E-state index in [4.69, 9.17) is 5.73 Å². The summed E-state index contributed by atoms with van der Waals surface area (Å²) >= 11 is 1.70. The fraction of sp³-hybridized carbons (Fsp3) is 0.200. The zero-order valence-corrected chi connectivity index (χ0v) is 12.4. The second-order valence-corrected chi connectivity index (χ2v) is 5.37. The molecule has 1 heterocycles. The standard InChI is InChI=1S/C15H17N3OS/c1-18(10-11-3-6-13(20-2)7-4-11)15(19)14-8-5-12(16)9-17-14/h3-9H,10,16H2,1-2H3. The zero-order valence-electron chi connectivity index (χ0n) is 11.5. The molecule has 0 unspecified atom stereocenters. The van der Waals surface area contributed by atoms with Gasteiger partial charge in [-0.05, 0) is 36.1 Å². The zero-order chi connectivity index (χ0) is 14.5. The molecule has 0 aliphatic heterocycles. The van der Waals surface area contributed by atoms with Gasteiger partial charge in [0.25, 0.3) is 5.91 Å². The molecule has 1 aromatic heterocycles. The summed E-state index contributed by atoms with van der Waals surface area (Å²) in [7, 11) is 1.77. The van der Waals surface area contributed by atoms with Crippen LogP contribution in [0.1, 0.15) is 16.1 Å². The van der Waals surface area contributed by atoms with E-state index in [0.29, 0.717) is 17.9 Å². The largest absolute Gasteiger partial charge is 0.397 e. The Bertz CT molecular complexity index is 581. The van der Waals surface area contributed by atoms with Crippen molar-refractivity contribution in [2.45, 2.75) is 11.4 Å². The fourth-order valence-corrected chi connectivity index (χ4v) is 2.21. The van der Waals surface area contributed by atoms with Crippen LogP contribution in [0.15, 0.2) is 47.5 Å². The molecular formula is C15H17N3OS. The summed E-state index contributed by atoms with van der Waals surface area (Å²) in [5, 5.41) is 0. The monoisotopic (exact) mass is 287 g/mol. The summed E-state index contributed by atoms with van der Waals surface area (Å²) < 4.78 is 0. The second-order valence-electron chi connectivity index (χ2n) is 4.49. The molecule has 0 atom stereocenters. The summed E-state index contributed by atoms with van der Waals surface area (Å²) in [6.45, 7) is 0.555. The van der Waals surface area contributed by atoms with Crippen LogP contribution in [0, 0.1) is 0 Å². The first kappa shape index (κ1) is 14.4. The number of anilines is 1. The molecule has 104 valence electrons. The number of pyridine rings is 1. The summed E-state index contributed by atoms with van der Waals surface area (Å²) in [5.74, 6) is -0.112. The Morgan fingerprint density at radius 1 is 1.25 bits per heavy atom. The predicted molar refractivity (Wildman–Crippen MR) is 82.7 cm³/mol. The third kappa shape index (κ3) is 3.51. The highest BCUT2D eigenvalue weighted by atomic mass is 32.2. The van der Waals surface area contributed by atoms with Crippen molar-refractivity contribution in [3.63, 3.8) is 0 Å². The number of hydrogen-bond acceptors (Lipinski definition) is 4. The normalized spacial score (nSPS) is 10.3. The van der Waals surface area contributed by atoms with E-state index in [1.54, 1.807) is 35.8 Å². The maximum atomic E-state index is 12.2. The van der Waals surface area contributed by atoms with Gasteiger partial charge in [0.15, 0.2) is 0 Å². The number of carbonyl (C=O) groups excluding carboxylic acids is 1. The van der Waals surface area contributed by atoms with Gasteiger partial charge >= 0.3 is 0 Å². The van der Waals surface area contributed by atoms with Gasteiger partial charge in [0.1, 0.15) is 5.69 Å². The number of aromatic nitrogens is 1. The van der Waals surface area contributed by atoms with Crippen molar-refractivity contribution in [2.24, 2.45) is 0 Å². The molecular weight excluding hydrogens is 270 g/mol. The molecule has 0 spiro atoms. The molecule has 0 bridgehead atoms. The van der Waals surface area contributed by atoms with Crippen LogP contribution in [-0.2, 0) is 6.54 Å². The van der Waals surface area contributed by atoms with Crippen LogP contribution in [0.5, 0.6) is 0 Å². The predicted octanol–water partition coefficient (Wildman–Crippen LogP) is 2.66. The molecule has 0 aliphatic carbocycles. The van der Waals surface area contributed by atoms with Gasteiger partial charge in [-0.15, -0.1) is 11.8 Å². The number of nitrogen functional groups attached to an aromatic ring is 1. The van der Waals surface area contributed by atoms with Crippen LogP contribution in [0.3, 0.4) is 0 Å². The number of nitrogens with zero attached hydrogens (tertiary/aromatic N) is 2. The minimum absolute atomic E-state index is 0.112. The fourth-order valence-electron chi connectivity index (χ4n) is 1.80. The molecule has 1 aromatic carbocycles. The Morgan fingerprint density at radius 3 is 2.50 bits per heavy atom. The van der Waals surface area contributed by atoms with Crippen LogP contribution < -0.4 is 5.73 Å². The lowest BCUT2D eigenvalue weighted by Crippen LogP contribution is -2.26. The molecule has 0 aliphatic rings. The summed E-state index contributed by atoms with van der Waals surface area (Å²) in [6.07, 6.45) is 3.53. The Labute approximate surface area is 123 Å². The van der Waals surface area contributed by atoms with Gasteiger partial charge in [-0.25, -0.2) is 4.98 Å². The molecule has 4 nitrogen and oxygen atoms in total. The van der Waals surface area contributed by atoms with Crippen LogP contribution in [-0.4, -0.2) is 29.1 Å². The van der Waals surface area contributed by atoms with Crippen LogP contribution in [0.4, 0.5) is 5.69 Å². The number of nitrogens with two attached hydrogens (primary N) is 1. The first-order valence-corrected chi connectivity index (χ1v) is 7.42. The molecule has 20 heavy (non-hydrogen) atoms. The highest BCUT2D eigenvalue weighted by Crippen LogP contribution is 2.16. The lowest BCUT2D eigenvalue weighted by atomic mass is 10.2. The van der Waals surface area contributed by atoms with Crippen LogP contribution in [0.2, 0.25) is 0 Å². The van der Waals surface area contributed by atoms with Crippen molar-refractivity contribution in [3.05, 3.63) is 53.9 Å². The van der Waals surface area contributed by atoms with E-state index in [1.165, 1.54) is 11.1 Å². The van der Waals surface area contributed by atoms with E-state index in [1.807, 2.05) is 18.4 Å². The van der Waals surface area contributed by atoms with Crippen LogP contribution >= 0.6 is 11.8 Å². The first-order valence-electron chi connectivity index (χ1n) is 6.20. The van der Waals surface area contributed by atoms with Crippen molar-refractivity contribution in [2.75, 3.05) is 19.0 Å². The Morgan fingerprint density at radius 2 is 1.95 bits per heavy atom. The molecule has 5 heteroatoms. The van der Waals surface area contributed by atoms with E-state index in [-0.39, 0.29) is 5.91 Å². The Kier molecular flexibility index (Phi) is 4.63. The number of carbonyl (C=O) groups is 1. The van der Waals surface area contributed by atoms with Crippen molar-refractivity contribution in [1.82, 2.24) is 9.88 Å². The number of benzene rings is 1. The molecule has 0 radical (unpaired) electrons. The quantitative estimate of drug-likeness (QED) is 0.878. The third-order valence-electron chi connectivity index (χ3n) is 2.93. The summed E-state index contributed by atoms with van der Waals surface area (Å²) in [6, 6.07) is 11.5. The SMILES string of the molecule is CSc1ccc(CN(C)C(=O)c2ccc(N)cn2)cc1. The average Bonchev–Trinajstić information content (AvgIpc) is 2.48. The van der Waals surface area contributed by atoms with Crippen molar-refractivity contribution in [3.8, 4) is 0 Å². The minimum atomic E-state index is -0.112. The number of amides is 1. The Balaban J connectivity index is 2.04. The van der Waals surface area contributed by atoms with E-state index in [9.17, 15) is 4.79 Å². The molecule has 2 N–H and O–H groups in total. The first-order chi connectivity index (χ1) is 9.60. The second kappa shape index (κ2) is 6.43. The topological polar surface area (TPSA) is 59.2 Å². The molecule has 2 aromatic rings. The van der Waals surface area contributed by atoms with E-state index >= 15 is 0 Å². The third-order valence-corrected chi connectivity index (χ3v) is 3.67. The van der Waals surface area contributed by atoms with Gasteiger partial charge < -0.3 is 10.6 Å². The van der Waals surface area contributed by atoms with E-state index < -0.39 is 0 Å². The molecule has 0 saturated heterocycles. The maximum absolute atomic E-state index is 12.2. The van der Waals surface area contributed by atoms with Gasteiger partial charge in [-0.3, -0.25) is 4.79 Å². The van der Waals surface area contributed by atoms with Gasteiger partial charge in [0.2, 0.25) is 0 Å². The lowest BCUT2D eigenvalue weighted by molar-refractivity contribution is 0.0779. The minimum Gasteiger partial charge on any atom is -0.397 e. The van der Waals surface area contributed by atoms with E-state index in [2.05, 4.69) is 17.1 Å². The smallest absolute Gasteiger partial charge is 0.272 e. The van der Waals surface area contributed by atoms with Gasteiger partial charge in [0.05, 0.1) is 11.9 Å². The van der Waals surface area contributed by atoms with Gasteiger partial charge in [-0.1, -0.05) is 12.1 Å². The molecule has 0 fully saturated rings. The average molecular weight is 287 g/mol. The van der Waals surface area contributed by atoms with Crippen molar-refractivity contribution >= 4 is 23.4 Å². The summed E-state index contributed by atoms with van der Waals surface area (Å²) in [5.41, 5.74) is 7.61. The van der Waals surface area contributed by atoms with Crippen molar-refractivity contribution in [1.29, 1.82) is 0 Å². The Hall–Kier alpha value is -2.01. The molecule has 1 amide bonds. The lowest BCUT2D eigenvalue weighted by Gasteiger charge is -2.17. The molecule has 2 rings (SSSR count). The van der Waals surface area contributed by atoms with Crippen LogP contribution in [0.25, 0.3) is 0 Å². The number of hydrogen-bond donors (Lipinski definition) is 1. The van der Waals surface area contributed by atoms with Gasteiger partial charge in [-0.2, -0.15) is 0 Å². The number of thioether (sulfide) groups is 1. The van der Waals surface area contributed by atoms with Crippen molar-refractivity contribution < 1.29 is 4.79 Å². The maximum Gasteiger partial charge on any atom is 0.272 e. The highest BCUT2D eigenvalue weighted by molar-refractivity contribution is 7.98. The highest BCUT2D eigenvalue weighted by Gasteiger charge is 2.13.